The first-order valence-electron chi connectivity index (χ1n) is 4.21. The molecule has 3 heteroatoms. The molecule has 1 aromatic heterocycles. The summed E-state index contributed by atoms with van der Waals surface area (Å²) in [4.78, 5) is 4.03. The van der Waals surface area contributed by atoms with Gasteiger partial charge in [-0.2, -0.15) is 5.26 Å². The van der Waals surface area contributed by atoms with E-state index in [2.05, 4.69) is 11.1 Å². The Morgan fingerprint density at radius 3 is 2.85 bits per heavy atom. The van der Waals surface area contributed by atoms with Crippen LogP contribution in [-0.2, 0) is 5.41 Å². The highest BCUT2D eigenvalue weighted by Gasteiger charge is 2.45. The monoisotopic (exact) mass is 174 g/mol. The van der Waals surface area contributed by atoms with Crippen LogP contribution in [0.25, 0.3) is 0 Å². The summed E-state index contributed by atoms with van der Waals surface area (Å²) >= 11 is 0. The van der Waals surface area contributed by atoms with Gasteiger partial charge in [0.15, 0.2) is 0 Å². The number of methoxy groups -OCH3 is 1. The Labute approximate surface area is 77.0 Å². The second-order valence-corrected chi connectivity index (χ2v) is 3.31. The van der Waals surface area contributed by atoms with E-state index in [0.717, 1.165) is 24.2 Å². The number of aromatic nitrogens is 1. The van der Waals surface area contributed by atoms with Gasteiger partial charge in [0.1, 0.15) is 5.75 Å². The zero-order valence-corrected chi connectivity index (χ0v) is 7.45. The van der Waals surface area contributed by atoms with E-state index < -0.39 is 0 Å². The highest BCUT2D eigenvalue weighted by atomic mass is 16.5. The van der Waals surface area contributed by atoms with Gasteiger partial charge in [-0.05, 0) is 24.5 Å². The maximum atomic E-state index is 8.95. The van der Waals surface area contributed by atoms with Crippen molar-refractivity contribution in [2.45, 2.75) is 18.3 Å². The molecule has 1 aliphatic carbocycles. The Bertz CT molecular complexity index is 363. The lowest BCUT2D eigenvalue weighted by Crippen LogP contribution is -2.03. The Morgan fingerprint density at radius 2 is 2.31 bits per heavy atom. The number of nitriles is 1. The molecule has 0 aliphatic heterocycles. The van der Waals surface area contributed by atoms with Crippen LogP contribution in [0.2, 0.25) is 0 Å². The molecule has 1 aromatic rings. The molecule has 0 aromatic carbocycles. The highest BCUT2D eigenvalue weighted by Crippen LogP contribution is 2.47. The average molecular weight is 174 g/mol. The van der Waals surface area contributed by atoms with Crippen molar-refractivity contribution >= 4 is 0 Å². The fourth-order valence-corrected chi connectivity index (χ4v) is 1.38. The van der Waals surface area contributed by atoms with Crippen LogP contribution in [0.1, 0.15) is 18.4 Å². The molecule has 0 radical (unpaired) electrons. The van der Waals surface area contributed by atoms with Crippen LogP contribution in [-0.4, -0.2) is 12.1 Å². The third-order valence-corrected chi connectivity index (χ3v) is 2.47. The summed E-state index contributed by atoms with van der Waals surface area (Å²) in [6, 6.07) is 4.22. The Kier molecular flexibility index (Phi) is 1.70. The zero-order chi connectivity index (χ0) is 9.31. The Balaban J connectivity index is 2.37. The average Bonchev–Trinajstić information content (AvgIpc) is 2.99. The van der Waals surface area contributed by atoms with E-state index in [1.165, 1.54) is 0 Å². The van der Waals surface area contributed by atoms with E-state index in [-0.39, 0.29) is 5.41 Å². The number of rotatable bonds is 2. The first-order valence-corrected chi connectivity index (χ1v) is 4.21. The van der Waals surface area contributed by atoms with Crippen molar-refractivity contribution in [3.05, 3.63) is 24.0 Å². The van der Waals surface area contributed by atoms with E-state index in [1.807, 2.05) is 6.07 Å². The molecule has 0 spiro atoms. The largest absolute Gasteiger partial charge is 0.495 e. The third-order valence-electron chi connectivity index (χ3n) is 2.47. The number of hydrogen-bond donors (Lipinski definition) is 0. The molecule has 0 saturated heterocycles. The molecular formula is C10H10N2O. The topological polar surface area (TPSA) is 45.9 Å². The van der Waals surface area contributed by atoms with Gasteiger partial charge < -0.3 is 4.74 Å². The van der Waals surface area contributed by atoms with Crippen molar-refractivity contribution in [1.82, 2.24) is 4.98 Å². The number of hydrogen-bond acceptors (Lipinski definition) is 3. The summed E-state index contributed by atoms with van der Waals surface area (Å²) in [5.74, 6) is 0.721. The minimum absolute atomic E-state index is 0.262. The smallest absolute Gasteiger partial charge is 0.137 e. The molecular weight excluding hydrogens is 164 g/mol. The van der Waals surface area contributed by atoms with Crippen molar-refractivity contribution in [2.24, 2.45) is 0 Å². The SMILES string of the molecule is COc1cncc(C2(C#N)CC2)c1. The summed E-state index contributed by atoms with van der Waals surface area (Å²) in [7, 11) is 1.60. The summed E-state index contributed by atoms with van der Waals surface area (Å²) in [6.45, 7) is 0. The Morgan fingerprint density at radius 1 is 1.54 bits per heavy atom. The van der Waals surface area contributed by atoms with E-state index in [9.17, 15) is 0 Å². The van der Waals surface area contributed by atoms with Gasteiger partial charge in [0.2, 0.25) is 0 Å². The van der Waals surface area contributed by atoms with Gasteiger partial charge in [-0.1, -0.05) is 0 Å². The van der Waals surface area contributed by atoms with Gasteiger partial charge in [-0.3, -0.25) is 4.98 Å². The van der Waals surface area contributed by atoms with E-state index in [0.29, 0.717) is 0 Å². The van der Waals surface area contributed by atoms with Gasteiger partial charge in [-0.15, -0.1) is 0 Å². The van der Waals surface area contributed by atoms with Crippen LogP contribution in [0.5, 0.6) is 5.75 Å². The van der Waals surface area contributed by atoms with Crippen LogP contribution < -0.4 is 4.74 Å². The standard InChI is InChI=1S/C10H10N2O/c1-13-9-4-8(5-12-6-9)10(7-11)2-3-10/h4-6H,2-3H2,1H3. The Hall–Kier alpha value is -1.56. The fourth-order valence-electron chi connectivity index (χ4n) is 1.38. The number of ether oxygens (including phenoxy) is 1. The van der Waals surface area contributed by atoms with Crippen LogP contribution in [0, 0.1) is 11.3 Å². The first-order chi connectivity index (χ1) is 6.30. The molecule has 0 unspecified atom stereocenters. The van der Waals surface area contributed by atoms with Gasteiger partial charge in [0.05, 0.1) is 24.8 Å². The molecule has 0 atom stereocenters. The molecule has 13 heavy (non-hydrogen) atoms. The minimum Gasteiger partial charge on any atom is -0.495 e. The van der Waals surface area contributed by atoms with Gasteiger partial charge in [0, 0.05) is 6.20 Å². The predicted octanol–water partition coefficient (Wildman–Crippen LogP) is 1.65. The highest BCUT2D eigenvalue weighted by molar-refractivity contribution is 5.40. The van der Waals surface area contributed by atoms with Gasteiger partial charge >= 0.3 is 0 Å². The van der Waals surface area contributed by atoms with Crippen LogP contribution in [0.15, 0.2) is 18.5 Å². The molecule has 1 saturated carbocycles. The second kappa shape index (κ2) is 2.74. The molecule has 66 valence electrons. The lowest BCUT2D eigenvalue weighted by Gasteiger charge is -2.06. The molecule has 0 amide bonds. The maximum absolute atomic E-state index is 8.95. The minimum atomic E-state index is -0.262. The molecule has 1 heterocycles. The molecule has 0 bridgehead atoms. The quantitative estimate of drug-likeness (QED) is 0.684. The first kappa shape index (κ1) is 8.06. The molecule has 1 aliphatic rings. The van der Waals surface area contributed by atoms with Gasteiger partial charge in [0.25, 0.3) is 0 Å². The van der Waals surface area contributed by atoms with Crippen molar-refractivity contribution in [3.8, 4) is 11.8 Å². The molecule has 1 fully saturated rings. The summed E-state index contributed by atoms with van der Waals surface area (Å²) < 4.78 is 5.05. The third kappa shape index (κ3) is 1.25. The zero-order valence-electron chi connectivity index (χ0n) is 7.45. The lowest BCUT2D eigenvalue weighted by atomic mass is 10.00. The van der Waals surface area contributed by atoms with Crippen LogP contribution in [0.3, 0.4) is 0 Å². The van der Waals surface area contributed by atoms with Crippen LogP contribution >= 0.6 is 0 Å². The van der Waals surface area contributed by atoms with Crippen molar-refractivity contribution in [3.63, 3.8) is 0 Å². The predicted molar refractivity (Wildman–Crippen MR) is 47.3 cm³/mol. The van der Waals surface area contributed by atoms with Gasteiger partial charge in [-0.25, -0.2) is 0 Å². The van der Waals surface area contributed by atoms with Crippen LogP contribution in [0.4, 0.5) is 0 Å². The lowest BCUT2D eigenvalue weighted by molar-refractivity contribution is 0.412. The normalized spacial score (nSPS) is 17.5. The summed E-state index contributed by atoms with van der Waals surface area (Å²) in [6.07, 6.45) is 5.28. The van der Waals surface area contributed by atoms with E-state index in [4.69, 9.17) is 10.00 Å². The van der Waals surface area contributed by atoms with Crippen molar-refractivity contribution < 1.29 is 4.74 Å². The van der Waals surface area contributed by atoms with E-state index in [1.54, 1.807) is 19.5 Å². The van der Waals surface area contributed by atoms with E-state index >= 15 is 0 Å². The number of nitrogens with zero attached hydrogens (tertiary/aromatic N) is 2. The molecule has 2 rings (SSSR count). The maximum Gasteiger partial charge on any atom is 0.137 e. The molecule has 0 N–H and O–H groups in total. The second-order valence-electron chi connectivity index (χ2n) is 3.31. The van der Waals surface area contributed by atoms with Crippen molar-refractivity contribution in [2.75, 3.05) is 7.11 Å². The fraction of sp³-hybridized carbons (Fsp3) is 0.400. The summed E-state index contributed by atoms with van der Waals surface area (Å²) in [5.41, 5.74) is 0.719. The van der Waals surface area contributed by atoms with Crippen molar-refractivity contribution in [1.29, 1.82) is 5.26 Å². The summed E-state index contributed by atoms with van der Waals surface area (Å²) in [5, 5.41) is 8.95. The molecule has 3 nitrogen and oxygen atoms in total. The number of pyridine rings is 1.